The molecule has 0 aromatic heterocycles. The van der Waals surface area contributed by atoms with Gasteiger partial charge in [0.15, 0.2) is 0 Å². The predicted octanol–water partition coefficient (Wildman–Crippen LogP) is 4.77. The van der Waals surface area contributed by atoms with Crippen molar-refractivity contribution in [3.8, 4) is 0 Å². The number of hydrogen-bond acceptors (Lipinski definition) is 7. The molecule has 0 amide bonds. The molecule has 0 radical (unpaired) electrons. The number of benzene rings is 1. The van der Waals surface area contributed by atoms with Gasteiger partial charge in [-0.15, -0.1) is 18.3 Å². The first kappa shape index (κ1) is 29.3. The van der Waals surface area contributed by atoms with E-state index >= 15 is 0 Å². The van der Waals surface area contributed by atoms with Gasteiger partial charge in [-0.2, -0.15) is 0 Å². The van der Waals surface area contributed by atoms with Gasteiger partial charge in [0.25, 0.3) is 0 Å². The van der Waals surface area contributed by atoms with E-state index in [1.807, 2.05) is 37.3 Å². The topological polar surface area (TPSA) is 95.9 Å². The number of thioether (sulfide) groups is 1. The maximum Gasteiger partial charge on any atom is 0.316 e. The molecule has 3 aliphatic rings. The third-order valence-electron chi connectivity index (χ3n) is 10.4. The van der Waals surface area contributed by atoms with Gasteiger partial charge in [-0.05, 0) is 60.6 Å². The Morgan fingerprint density at radius 2 is 2.05 bits per heavy atom. The van der Waals surface area contributed by atoms with Gasteiger partial charge in [-0.25, -0.2) is 0 Å². The first-order valence-corrected chi connectivity index (χ1v) is 15.1. The monoisotopic (exact) mass is 543 g/mol. The second kappa shape index (κ2) is 11.4. The van der Waals surface area contributed by atoms with Crippen molar-refractivity contribution in [2.75, 3.05) is 18.9 Å². The van der Waals surface area contributed by atoms with Gasteiger partial charge >= 0.3 is 5.97 Å². The molecule has 0 saturated heterocycles. The summed E-state index contributed by atoms with van der Waals surface area (Å²) in [4.78, 5) is 27.8. The highest BCUT2D eigenvalue weighted by atomic mass is 32.2. The van der Waals surface area contributed by atoms with Crippen LogP contribution in [0.25, 0.3) is 0 Å². The number of nitrogens with one attached hydrogen (secondary N) is 1. The Balaban J connectivity index is 1.58. The van der Waals surface area contributed by atoms with Crippen LogP contribution in [0.4, 0.5) is 0 Å². The number of aliphatic hydroxyl groups excluding tert-OH is 2. The number of aliphatic hydroxyl groups is 2. The maximum absolute atomic E-state index is 13.5. The van der Waals surface area contributed by atoms with E-state index in [0.717, 1.165) is 29.7 Å². The molecule has 0 aliphatic heterocycles. The Hall–Kier alpha value is -1.67. The molecule has 38 heavy (non-hydrogen) atoms. The SMILES string of the molecule is C=C[C@]1(C)C[C@@H](OC(=O)CSc2cccc(CNCCO)c2)[C@]2(C)C(C)CCC3(CCC(=O)C32)[C@@H](C)[C@@H]1O. The number of carbonyl (C=O) groups is 2. The lowest BCUT2D eigenvalue weighted by Gasteiger charge is -2.61. The first-order valence-electron chi connectivity index (χ1n) is 14.1. The zero-order valence-electron chi connectivity index (χ0n) is 23.4. The zero-order chi connectivity index (χ0) is 27.7. The van der Waals surface area contributed by atoms with E-state index in [2.05, 4.69) is 32.7 Å². The minimum Gasteiger partial charge on any atom is -0.461 e. The van der Waals surface area contributed by atoms with Crippen molar-refractivity contribution in [2.24, 2.45) is 34.0 Å². The summed E-state index contributed by atoms with van der Waals surface area (Å²) in [6, 6.07) is 8.00. The van der Waals surface area contributed by atoms with Crippen LogP contribution in [0.15, 0.2) is 41.8 Å². The molecular weight excluding hydrogens is 498 g/mol. The van der Waals surface area contributed by atoms with Gasteiger partial charge in [-0.1, -0.05) is 45.9 Å². The van der Waals surface area contributed by atoms with Crippen LogP contribution < -0.4 is 5.32 Å². The highest BCUT2D eigenvalue weighted by Gasteiger charge is 2.68. The summed E-state index contributed by atoms with van der Waals surface area (Å²) in [6.45, 7) is 13.9. The van der Waals surface area contributed by atoms with Crippen molar-refractivity contribution in [3.63, 3.8) is 0 Å². The molecule has 3 aliphatic carbocycles. The van der Waals surface area contributed by atoms with Crippen molar-refractivity contribution < 1.29 is 24.5 Å². The minimum absolute atomic E-state index is 0.0415. The highest BCUT2D eigenvalue weighted by Crippen LogP contribution is 2.68. The Kier molecular flexibility index (Phi) is 8.83. The number of carbonyl (C=O) groups excluding carboxylic acids is 2. The average Bonchev–Trinajstić information content (AvgIpc) is 3.26. The lowest BCUT2D eigenvalue weighted by Crippen LogP contribution is -2.63. The molecule has 2 bridgehead atoms. The highest BCUT2D eigenvalue weighted by molar-refractivity contribution is 8.00. The fourth-order valence-electron chi connectivity index (χ4n) is 7.89. The Morgan fingerprint density at radius 1 is 1.29 bits per heavy atom. The summed E-state index contributed by atoms with van der Waals surface area (Å²) >= 11 is 1.44. The molecular formula is C31H45NO5S. The summed E-state index contributed by atoms with van der Waals surface area (Å²) in [5.74, 6) is 0.0945. The van der Waals surface area contributed by atoms with Gasteiger partial charge in [-0.3, -0.25) is 9.59 Å². The van der Waals surface area contributed by atoms with Crippen LogP contribution in [0.1, 0.15) is 65.4 Å². The quantitative estimate of drug-likeness (QED) is 0.179. The fourth-order valence-corrected chi connectivity index (χ4v) is 8.66. The van der Waals surface area contributed by atoms with Crippen LogP contribution >= 0.6 is 11.8 Å². The lowest BCUT2D eigenvalue weighted by molar-refractivity contribution is -0.205. The van der Waals surface area contributed by atoms with Crippen molar-refractivity contribution in [3.05, 3.63) is 42.5 Å². The second-order valence-electron chi connectivity index (χ2n) is 12.4. The largest absolute Gasteiger partial charge is 0.461 e. The van der Waals surface area contributed by atoms with E-state index in [4.69, 9.17) is 9.84 Å². The van der Waals surface area contributed by atoms with Crippen LogP contribution in [0.5, 0.6) is 0 Å². The van der Waals surface area contributed by atoms with E-state index < -0.39 is 23.0 Å². The molecule has 4 rings (SSSR count). The average molecular weight is 544 g/mol. The van der Waals surface area contributed by atoms with E-state index in [-0.39, 0.29) is 47.3 Å². The van der Waals surface area contributed by atoms with Crippen LogP contribution in [-0.4, -0.2) is 53.1 Å². The Morgan fingerprint density at radius 3 is 2.76 bits per heavy atom. The van der Waals surface area contributed by atoms with Crippen LogP contribution in [0, 0.1) is 34.0 Å². The lowest BCUT2D eigenvalue weighted by atomic mass is 9.44. The van der Waals surface area contributed by atoms with Crippen molar-refractivity contribution >= 4 is 23.5 Å². The smallest absolute Gasteiger partial charge is 0.316 e. The van der Waals surface area contributed by atoms with Gasteiger partial charge < -0.3 is 20.3 Å². The molecule has 1 aromatic rings. The molecule has 210 valence electrons. The number of rotatable bonds is 9. The number of ether oxygens (including phenoxy) is 1. The van der Waals surface area contributed by atoms with Gasteiger partial charge in [0.05, 0.1) is 18.5 Å². The molecule has 7 heteroatoms. The third-order valence-corrected chi connectivity index (χ3v) is 11.4. The molecule has 8 atom stereocenters. The van der Waals surface area contributed by atoms with E-state index in [1.165, 1.54) is 11.8 Å². The summed E-state index contributed by atoms with van der Waals surface area (Å²) < 4.78 is 6.34. The molecule has 0 spiro atoms. The number of hydrogen-bond donors (Lipinski definition) is 3. The number of ketones is 1. The predicted molar refractivity (Wildman–Crippen MR) is 151 cm³/mol. The molecule has 0 heterocycles. The third kappa shape index (κ3) is 5.12. The summed E-state index contributed by atoms with van der Waals surface area (Å²) in [5, 5.41) is 23.8. The maximum atomic E-state index is 13.5. The van der Waals surface area contributed by atoms with E-state index in [9.17, 15) is 14.7 Å². The normalized spacial score (nSPS) is 38.7. The van der Waals surface area contributed by atoms with Gasteiger partial charge in [0, 0.05) is 41.2 Å². The summed E-state index contributed by atoms with van der Waals surface area (Å²) in [6.07, 6.45) is 4.34. The molecule has 1 aromatic carbocycles. The van der Waals surface area contributed by atoms with E-state index in [1.54, 1.807) is 0 Å². The fraction of sp³-hybridized carbons (Fsp3) is 0.677. The Labute approximate surface area is 232 Å². The van der Waals surface area contributed by atoms with Crippen molar-refractivity contribution in [1.29, 1.82) is 0 Å². The standard InChI is InChI=1S/C31H45NO5S/c1-6-29(4)17-25(37-26(35)19-38-23-9-7-8-22(16-23)18-32-14-15-33)30(5)20(2)10-12-31(21(3)28(29)36)13-11-24(34)27(30)31/h6-9,16,20-21,25,27-28,32-33,36H,1,10-15,17-19H2,2-5H3/t20?,21-,25+,27?,28-,29+,30-,31?/m0/s1. The number of Topliss-reactive ketones (excluding diaryl/α,β-unsaturated/α-hetero) is 1. The van der Waals surface area contributed by atoms with Crippen LogP contribution in [0.2, 0.25) is 0 Å². The van der Waals surface area contributed by atoms with Crippen LogP contribution in [-0.2, 0) is 20.9 Å². The number of esters is 1. The molecule has 3 N–H and O–H groups in total. The van der Waals surface area contributed by atoms with Crippen molar-refractivity contribution in [2.45, 2.75) is 83.4 Å². The zero-order valence-corrected chi connectivity index (χ0v) is 24.2. The van der Waals surface area contributed by atoms with Crippen LogP contribution in [0.3, 0.4) is 0 Å². The molecule has 6 nitrogen and oxygen atoms in total. The van der Waals surface area contributed by atoms with Crippen molar-refractivity contribution in [1.82, 2.24) is 5.32 Å². The molecule has 3 unspecified atom stereocenters. The Bertz CT molecular complexity index is 1050. The van der Waals surface area contributed by atoms with Gasteiger partial charge in [0.1, 0.15) is 11.9 Å². The second-order valence-corrected chi connectivity index (χ2v) is 13.4. The van der Waals surface area contributed by atoms with Gasteiger partial charge in [0.2, 0.25) is 0 Å². The molecule has 3 saturated carbocycles. The van der Waals surface area contributed by atoms with E-state index in [0.29, 0.717) is 25.9 Å². The summed E-state index contributed by atoms with van der Waals surface area (Å²) in [7, 11) is 0. The minimum atomic E-state index is -0.663. The molecule has 3 fully saturated rings. The summed E-state index contributed by atoms with van der Waals surface area (Å²) in [5.41, 5.74) is -0.313. The first-order chi connectivity index (χ1) is 18.0.